The number of hydrogen-bond donors (Lipinski definition) is 3. The molecule has 0 unspecified atom stereocenters. The van der Waals surface area contributed by atoms with Gasteiger partial charge in [-0.2, -0.15) is 0 Å². The lowest BCUT2D eigenvalue weighted by atomic mass is 10.1. The Kier molecular flexibility index (Phi) is 5.97. The molecule has 0 saturated carbocycles. The molecule has 7 nitrogen and oxygen atoms in total. The Hall–Kier alpha value is -3.00. The lowest BCUT2D eigenvalue weighted by Gasteiger charge is -2.30. The second-order valence-corrected chi connectivity index (χ2v) is 6.40. The molecule has 3 N–H and O–H groups in total. The van der Waals surface area contributed by atoms with E-state index in [1.807, 2.05) is 6.07 Å². The van der Waals surface area contributed by atoms with E-state index in [0.717, 1.165) is 18.5 Å². The SMILES string of the molecule is O=C(Nc1cccc(CNC2CCN(C(=O)O)CC2)n1)c1ccc(F)cc1. The highest BCUT2D eigenvalue weighted by Gasteiger charge is 2.21. The number of halogens is 1. The molecule has 3 rings (SSSR count). The van der Waals surface area contributed by atoms with Crippen LogP contribution in [0.5, 0.6) is 0 Å². The standard InChI is InChI=1S/C19H21FN4O3/c20-14-6-4-13(5-7-14)18(25)23-17-3-1-2-16(22-17)12-21-15-8-10-24(11-9-15)19(26)27/h1-7,15,21H,8-12H2,(H,26,27)(H,22,23,25). The number of likely N-dealkylation sites (tertiary alicyclic amines) is 1. The number of carbonyl (C=O) groups is 2. The smallest absolute Gasteiger partial charge is 0.407 e. The van der Waals surface area contributed by atoms with Gasteiger partial charge in [0.05, 0.1) is 5.69 Å². The largest absolute Gasteiger partial charge is 0.465 e. The van der Waals surface area contributed by atoms with Gasteiger partial charge in [0.2, 0.25) is 0 Å². The van der Waals surface area contributed by atoms with Crippen LogP contribution in [0.2, 0.25) is 0 Å². The maximum absolute atomic E-state index is 12.9. The molecular weight excluding hydrogens is 351 g/mol. The van der Waals surface area contributed by atoms with Crippen LogP contribution in [-0.2, 0) is 6.54 Å². The average molecular weight is 372 g/mol. The Bertz CT molecular complexity index is 805. The molecule has 1 aliphatic rings. The molecule has 2 aromatic rings. The van der Waals surface area contributed by atoms with Crippen LogP contribution in [0.3, 0.4) is 0 Å². The number of benzene rings is 1. The number of carbonyl (C=O) groups excluding carboxylic acids is 1. The van der Waals surface area contributed by atoms with E-state index in [0.29, 0.717) is 31.0 Å². The molecule has 1 aromatic heterocycles. The molecule has 27 heavy (non-hydrogen) atoms. The predicted octanol–water partition coefficient (Wildman–Crippen LogP) is 2.71. The van der Waals surface area contributed by atoms with Crippen molar-refractivity contribution in [3.8, 4) is 0 Å². The summed E-state index contributed by atoms with van der Waals surface area (Å²) >= 11 is 0. The van der Waals surface area contributed by atoms with E-state index in [1.54, 1.807) is 12.1 Å². The first kappa shape index (κ1) is 18.8. The van der Waals surface area contributed by atoms with Crippen LogP contribution >= 0.6 is 0 Å². The fraction of sp³-hybridized carbons (Fsp3) is 0.316. The van der Waals surface area contributed by atoms with E-state index in [1.165, 1.54) is 29.2 Å². The Morgan fingerprint density at radius 2 is 1.85 bits per heavy atom. The van der Waals surface area contributed by atoms with Crippen molar-refractivity contribution in [2.24, 2.45) is 0 Å². The third-order valence-electron chi connectivity index (χ3n) is 4.49. The number of nitrogens with zero attached hydrogens (tertiary/aromatic N) is 2. The Morgan fingerprint density at radius 3 is 2.52 bits per heavy atom. The van der Waals surface area contributed by atoms with E-state index in [4.69, 9.17) is 5.11 Å². The van der Waals surface area contributed by atoms with Crippen molar-refractivity contribution in [2.45, 2.75) is 25.4 Å². The molecule has 1 aromatic carbocycles. The van der Waals surface area contributed by atoms with Gasteiger partial charge >= 0.3 is 6.09 Å². The van der Waals surface area contributed by atoms with Crippen molar-refractivity contribution in [1.82, 2.24) is 15.2 Å². The van der Waals surface area contributed by atoms with Gasteiger partial charge in [0, 0.05) is 31.2 Å². The summed E-state index contributed by atoms with van der Waals surface area (Å²) in [5, 5.41) is 15.1. The van der Waals surface area contributed by atoms with Gasteiger partial charge in [0.25, 0.3) is 5.91 Å². The first-order chi connectivity index (χ1) is 13.0. The number of nitrogens with one attached hydrogen (secondary N) is 2. The van der Waals surface area contributed by atoms with E-state index >= 15 is 0 Å². The zero-order valence-electron chi connectivity index (χ0n) is 14.7. The summed E-state index contributed by atoms with van der Waals surface area (Å²) in [4.78, 5) is 28.9. The number of amides is 2. The van der Waals surface area contributed by atoms with Crippen LogP contribution in [0.4, 0.5) is 15.0 Å². The number of pyridine rings is 1. The summed E-state index contributed by atoms with van der Waals surface area (Å²) in [6, 6.07) is 10.9. The van der Waals surface area contributed by atoms with Gasteiger partial charge in [0.15, 0.2) is 0 Å². The summed E-state index contributed by atoms with van der Waals surface area (Å²) in [6.07, 6.45) is 0.639. The number of hydrogen-bond acceptors (Lipinski definition) is 4. The van der Waals surface area contributed by atoms with E-state index in [9.17, 15) is 14.0 Å². The third kappa shape index (κ3) is 5.24. The molecular formula is C19H21FN4O3. The van der Waals surface area contributed by atoms with Gasteiger partial charge in [-0.1, -0.05) is 6.07 Å². The molecule has 1 aliphatic heterocycles. The molecule has 1 saturated heterocycles. The normalized spacial score (nSPS) is 14.8. The molecule has 0 atom stereocenters. The van der Waals surface area contributed by atoms with Crippen LogP contribution in [0.25, 0.3) is 0 Å². The molecule has 0 bridgehead atoms. The van der Waals surface area contributed by atoms with Crippen LogP contribution in [0, 0.1) is 5.82 Å². The van der Waals surface area contributed by atoms with Crippen molar-refractivity contribution in [3.63, 3.8) is 0 Å². The topological polar surface area (TPSA) is 94.6 Å². The molecule has 0 radical (unpaired) electrons. The number of rotatable bonds is 5. The first-order valence-electron chi connectivity index (χ1n) is 8.75. The molecule has 2 heterocycles. The number of carboxylic acid groups (broad SMARTS) is 1. The minimum Gasteiger partial charge on any atom is -0.465 e. The zero-order chi connectivity index (χ0) is 19.2. The average Bonchev–Trinajstić information content (AvgIpc) is 2.67. The molecule has 1 fully saturated rings. The molecule has 8 heteroatoms. The minimum absolute atomic E-state index is 0.236. The van der Waals surface area contributed by atoms with Crippen molar-refractivity contribution in [1.29, 1.82) is 0 Å². The van der Waals surface area contributed by atoms with E-state index < -0.39 is 11.9 Å². The fourth-order valence-electron chi connectivity index (χ4n) is 2.96. The summed E-state index contributed by atoms with van der Waals surface area (Å²) in [6.45, 7) is 1.57. The number of aromatic nitrogens is 1. The lowest BCUT2D eigenvalue weighted by Crippen LogP contribution is -2.44. The highest BCUT2D eigenvalue weighted by atomic mass is 19.1. The van der Waals surface area contributed by atoms with Crippen molar-refractivity contribution in [2.75, 3.05) is 18.4 Å². The van der Waals surface area contributed by atoms with Crippen molar-refractivity contribution in [3.05, 3.63) is 59.5 Å². The minimum atomic E-state index is -0.875. The second kappa shape index (κ2) is 8.59. The van der Waals surface area contributed by atoms with Crippen LogP contribution < -0.4 is 10.6 Å². The Labute approximate surface area is 156 Å². The lowest BCUT2D eigenvalue weighted by molar-refractivity contribution is 0.102. The van der Waals surface area contributed by atoms with Gasteiger partial charge in [-0.15, -0.1) is 0 Å². The van der Waals surface area contributed by atoms with Crippen molar-refractivity contribution >= 4 is 17.8 Å². The quantitative estimate of drug-likeness (QED) is 0.750. The van der Waals surface area contributed by atoms with Gasteiger partial charge < -0.3 is 20.6 Å². The summed E-state index contributed by atoms with van der Waals surface area (Å²) < 4.78 is 12.9. The maximum Gasteiger partial charge on any atom is 0.407 e. The Balaban J connectivity index is 1.52. The zero-order valence-corrected chi connectivity index (χ0v) is 14.7. The predicted molar refractivity (Wildman–Crippen MR) is 98.0 cm³/mol. The van der Waals surface area contributed by atoms with Gasteiger partial charge in [0.1, 0.15) is 11.6 Å². The maximum atomic E-state index is 12.9. The monoisotopic (exact) mass is 372 g/mol. The van der Waals surface area contributed by atoms with Crippen molar-refractivity contribution < 1.29 is 19.1 Å². The summed E-state index contributed by atoms with van der Waals surface area (Å²) in [7, 11) is 0. The molecule has 142 valence electrons. The number of anilines is 1. The third-order valence-corrected chi connectivity index (χ3v) is 4.49. The van der Waals surface area contributed by atoms with E-state index in [-0.39, 0.29) is 11.9 Å². The van der Waals surface area contributed by atoms with Crippen LogP contribution in [-0.4, -0.2) is 46.1 Å². The molecule has 2 amide bonds. The fourth-order valence-corrected chi connectivity index (χ4v) is 2.96. The second-order valence-electron chi connectivity index (χ2n) is 6.40. The highest BCUT2D eigenvalue weighted by Crippen LogP contribution is 2.12. The highest BCUT2D eigenvalue weighted by molar-refractivity contribution is 6.03. The Morgan fingerprint density at radius 1 is 1.15 bits per heavy atom. The van der Waals surface area contributed by atoms with Gasteiger partial charge in [-0.25, -0.2) is 14.2 Å². The number of piperidine rings is 1. The van der Waals surface area contributed by atoms with Gasteiger partial charge in [-0.3, -0.25) is 4.79 Å². The van der Waals surface area contributed by atoms with Crippen LogP contribution in [0.15, 0.2) is 42.5 Å². The first-order valence-corrected chi connectivity index (χ1v) is 8.75. The summed E-state index contributed by atoms with van der Waals surface area (Å²) in [5.74, 6) is -0.329. The van der Waals surface area contributed by atoms with Crippen LogP contribution in [0.1, 0.15) is 28.9 Å². The van der Waals surface area contributed by atoms with E-state index in [2.05, 4.69) is 15.6 Å². The summed E-state index contributed by atoms with van der Waals surface area (Å²) in [5.41, 5.74) is 1.12. The molecule has 0 spiro atoms. The molecule has 0 aliphatic carbocycles. The van der Waals surface area contributed by atoms with Gasteiger partial charge in [-0.05, 0) is 49.2 Å².